The van der Waals surface area contributed by atoms with Crippen molar-refractivity contribution in [1.29, 1.82) is 0 Å². The summed E-state index contributed by atoms with van der Waals surface area (Å²) < 4.78 is 24.3. The zero-order valence-electron chi connectivity index (χ0n) is 8.77. The molecule has 1 unspecified atom stereocenters. The number of hydrogen-bond acceptors (Lipinski definition) is 4. The van der Waals surface area contributed by atoms with E-state index in [0.717, 1.165) is 0 Å². The molecule has 1 saturated heterocycles. The van der Waals surface area contributed by atoms with Crippen LogP contribution in [0, 0.1) is 13.8 Å². The first-order valence-corrected chi connectivity index (χ1v) is 6.68. The van der Waals surface area contributed by atoms with Crippen molar-refractivity contribution in [2.75, 3.05) is 11.5 Å². The highest BCUT2D eigenvalue weighted by Crippen LogP contribution is 2.29. The van der Waals surface area contributed by atoms with Gasteiger partial charge in [0.05, 0.1) is 23.2 Å². The van der Waals surface area contributed by atoms with Crippen LogP contribution < -0.4 is 0 Å². The molecule has 2 heterocycles. The number of nitrogens with zero attached hydrogens (tertiary/aromatic N) is 2. The van der Waals surface area contributed by atoms with Gasteiger partial charge in [-0.2, -0.15) is 5.10 Å². The lowest BCUT2D eigenvalue weighted by Gasteiger charge is -2.10. The van der Waals surface area contributed by atoms with E-state index in [9.17, 15) is 13.5 Å². The Morgan fingerprint density at radius 3 is 2.53 bits per heavy atom. The summed E-state index contributed by atoms with van der Waals surface area (Å²) in [5, 5.41) is 13.7. The molecular formula is C9H14N2O3S. The van der Waals surface area contributed by atoms with Gasteiger partial charge in [0, 0.05) is 0 Å². The van der Waals surface area contributed by atoms with Crippen LogP contribution in [-0.2, 0) is 9.84 Å². The minimum absolute atomic E-state index is 0.116. The van der Waals surface area contributed by atoms with Gasteiger partial charge in [0.25, 0.3) is 0 Å². The van der Waals surface area contributed by atoms with E-state index in [1.54, 1.807) is 18.5 Å². The van der Waals surface area contributed by atoms with Crippen molar-refractivity contribution < 1.29 is 13.5 Å². The molecule has 1 N–H and O–H groups in total. The van der Waals surface area contributed by atoms with Crippen LogP contribution in [0.5, 0.6) is 5.75 Å². The van der Waals surface area contributed by atoms with E-state index in [2.05, 4.69) is 5.10 Å². The molecule has 6 heteroatoms. The third-order valence-corrected chi connectivity index (χ3v) is 4.59. The van der Waals surface area contributed by atoms with Gasteiger partial charge in [0.1, 0.15) is 5.69 Å². The molecule has 1 aliphatic rings. The van der Waals surface area contributed by atoms with E-state index in [1.807, 2.05) is 0 Å². The zero-order chi connectivity index (χ0) is 11.2. The molecule has 0 radical (unpaired) electrons. The Balaban J connectivity index is 2.36. The highest BCUT2D eigenvalue weighted by Gasteiger charge is 2.31. The van der Waals surface area contributed by atoms with Gasteiger partial charge in [-0.3, -0.25) is 4.68 Å². The van der Waals surface area contributed by atoms with Gasteiger partial charge >= 0.3 is 0 Å². The normalized spacial score (nSPS) is 24.5. The van der Waals surface area contributed by atoms with E-state index < -0.39 is 9.84 Å². The van der Waals surface area contributed by atoms with Crippen molar-refractivity contribution >= 4 is 9.84 Å². The molecule has 2 rings (SSSR count). The fourth-order valence-corrected chi connectivity index (χ4v) is 3.67. The van der Waals surface area contributed by atoms with Crippen molar-refractivity contribution in [3.63, 3.8) is 0 Å². The Bertz CT molecular complexity index is 490. The largest absolute Gasteiger partial charge is 0.504 e. The van der Waals surface area contributed by atoms with Crippen molar-refractivity contribution in [2.45, 2.75) is 26.3 Å². The molecule has 84 valence electrons. The van der Waals surface area contributed by atoms with Gasteiger partial charge in [0.2, 0.25) is 0 Å². The Kier molecular flexibility index (Phi) is 2.26. The van der Waals surface area contributed by atoms with Gasteiger partial charge in [-0.25, -0.2) is 8.42 Å². The van der Waals surface area contributed by atoms with E-state index >= 15 is 0 Å². The lowest BCUT2D eigenvalue weighted by atomic mass is 10.2. The molecule has 1 aromatic heterocycles. The van der Waals surface area contributed by atoms with Crippen molar-refractivity contribution in [2.24, 2.45) is 0 Å². The number of aromatic nitrogens is 2. The second kappa shape index (κ2) is 3.23. The predicted molar refractivity (Wildman–Crippen MR) is 55.7 cm³/mol. The van der Waals surface area contributed by atoms with Crippen LogP contribution in [0.4, 0.5) is 0 Å². The first kappa shape index (κ1) is 10.5. The standard InChI is InChI=1S/C9H14N2O3S/c1-6-9(12)7(2)11(10-6)8-3-4-15(13,14)5-8/h8,12H,3-5H2,1-2H3. The van der Waals surface area contributed by atoms with Crippen LogP contribution in [0.2, 0.25) is 0 Å². The molecular weight excluding hydrogens is 216 g/mol. The molecule has 1 fully saturated rings. The van der Waals surface area contributed by atoms with E-state index in [4.69, 9.17) is 0 Å². The quantitative estimate of drug-likeness (QED) is 0.765. The Labute approximate surface area is 88.6 Å². The van der Waals surface area contributed by atoms with Gasteiger partial charge < -0.3 is 5.11 Å². The van der Waals surface area contributed by atoms with Gasteiger partial charge in [-0.1, -0.05) is 0 Å². The summed E-state index contributed by atoms with van der Waals surface area (Å²) in [6, 6.07) is -0.116. The van der Waals surface area contributed by atoms with Crippen molar-refractivity contribution in [3.05, 3.63) is 11.4 Å². The Morgan fingerprint density at radius 1 is 1.47 bits per heavy atom. The predicted octanol–water partition coefficient (Wildman–Crippen LogP) is 0.565. The molecule has 5 nitrogen and oxygen atoms in total. The first-order valence-electron chi connectivity index (χ1n) is 4.86. The maximum Gasteiger partial charge on any atom is 0.159 e. The number of aromatic hydroxyl groups is 1. The van der Waals surface area contributed by atoms with Gasteiger partial charge in [-0.15, -0.1) is 0 Å². The lowest BCUT2D eigenvalue weighted by Crippen LogP contribution is -2.13. The minimum Gasteiger partial charge on any atom is -0.504 e. The van der Waals surface area contributed by atoms with Gasteiger partial charge in [-0.05, 0) is 20.3 Å². The summed E-state index contributed by atoms with van der Waals surface area (Å²) in [4.78, 5) is 0. The fraction of sp³-hybridized carbons (Fsp3) is 0.667. The first-order chi connectivity index (χ1) is 6.91. The molecule has 0 aliphatic carbocycles. The maximum absolute atomic E-state index is 11.3. The van der Waals surface area contributed by atoms with E-state index in [1.165, 1.54) is 0 Å². The van der Waals surface area contributed by atoms with E-state index in [0.29, 0.717) is 17.8 Å². The number of aryl methyl sites for hydroxylation is 1. The number of rotatable bonds is 1. The molecule has 0 saturated carbocycles. The molecule has 0 amide bonds. The highest BCUT2D eigenvalue weighted by molar-refractivity contribution is 7.91. The third-order valence-electron chi connectivity index (χ3n) is 2.84. The number of sulfone groups is 1. The lowest BCUT2D eigenvalue weighted by molar-refractivity contribution is 0.453. The average Bonchev–Trinajstić information content (AvgIpc) is 2.62. The van der Waals surface area contributed by atoms with Crippen molar-refractivity contribution in [3.8, 4) is 5.75 Å². The van der Waals surface area contributed by atoms with E-state index in [-0.39, 0.29) is 23.3 Å². The smallest absolute Gasteiger partial charge is 0.159 e. The second-order valence-electron chi connectivity index (χ2n) is 4.02. The summed E-state index contributed by atoms with van der Waals surface area (Å²) in [7, 11) is -2.91. The molecule has 0 bridgehead atoms. The molecule has 1 atom stereocenters. The van der Waals surface area contributed by atoms with Crippen LogP contribution in [0.25, 0.3) is 0 Å². The summed E-state index contributed by atoms with van der Waals surface area (Å²) >= 11 is 0. The minimum atomic E-state index is -2.91. The zero-order valence-corrected chi connectivity index (χ0v) is 9.58. The molecule has 15 heavy (non-hydrogen) atoms. The molecule has 0 aromatic carbocycles. The Morgan fingerprint density at radius 2 is 2.13 bits per heavy atom. The van der Waals surface area contributed by atoms with Gasteiger partial charge in [0.15, 0.2) is 15.6 Å². The summed E-state index contributed by atoms with van der Waals surface area (Å²) in [6.45, 7) is 3.46. The maximum atomic E-state index is 11.3. The Hall–Kier alpha value is -1.04. The number of hydrogen-bond donors (Lipinski definition) is 1. The SMILES string of the molecule is Cc1nn(C2CCS(=O)(=O)C2)c(C)c1O. The summed E-state index contributed by atoms with van der Waals surface area (Å²) in [5.41, 5.74) is 1.20. The second-order valence-corrected chi connectivity index (χ2v) is 6.25. The molecule has 0 spiro atoms. The highest BCUT2D eigenvalue weighted by atomic mass is 32.2. The fourth-order valence-electron chi connectivity index (χ4n) is 1.98. The van der Waals surface area contributed by atoms with Crippen LogP contribution >= 0.6 is 0 Å². The van der Waals surface area contributed by atoms with Crippen LogP contribution in [0.3, 0.4) is 0 Å². The summed E-state index contributed by atoms with van der Waals surface area (Å²) in [6.07, 6.45) is 0.587. The molecule has 1 aliphatic heterocycles. The van der Waals surface area contributed by atoms with Crippen LogP contribution in [0.1, 0.15) is 23.9 Å². The molecule has 1 aromatic rings. The topological polar surface area (TPSA) is 72.2 Å². The summed E-state index contributed by atoms with van der Waals surface area (Å²) in [5.74, 6) is 0.518. The van der Waals surface area contributed by atoms with Crippen LogP contribution in [-0.4, -0.2) is 34.8 Å². The average molecular weight is 230 g/mol. The monoisotopic (exact) mass is 230 g/mol. The van der Waals surface area contributed by atoms with Crippen LogP contribution in [0.15, 0.2) is 0 Å². The third kappa shape index (κ3) is 1.73. The van der Waals surface area contributed by atoms with Crippen molar-refractivity contribution in [1.82, 2.24) is 9.78 Å².